The van der Waals surface area contributed by atoms with Crippen LogP contribution in [0.4, 0.5) is 0 Å². The van der Waals surface area contributed by atoms with Gasteiger partial charge >= 0.3 is 0 Å². The molecule has 2 aliphatic heterocycles. The van der Waals surface area contributed by atoms with Crippen molar-refractivity contribution in [2.24, 2.45) is 0 Å². The standard InChI is InChI=1S/C16H27N5O2.2ClH/c22-16(18-6-7-20-8-10-23-11-9-20)13-21-15(3-5-19-21)14-2-1-4-17-12-14;;/h3,5,14,17H,1-2,4,6-13H2,(H,18,22);2*1H. The molecule has 1 atom stereocenters. The molecule has 7 nitrogen and oxygen atoms in total. The molecule has 0 spiro atoms. The highest BCUT2D eigenvalue weighted by Crippen LogP contribution is 2.22. The van der Waals surface area contributed by atoms with E-state index in [2.05, 4.69) is 20.6 Å². The number of carbonyl (C=O) groups excluding carboxylic acids is 1. The first-order valence-corrected chi connectivity index (χ1v) is 8.62. The predicted molar refractivity (Wildman–Crippen MR) is 102 cm³/mol. The quantitative estimate of drug-likeness (QED) is 0.741. The van der Waals surface area contributed by atoms with Gasteiger partial charge in [0, 0.05) is 50.5 Å². The summed E-state index contributed by atoms with van der Waals surface area (Å²) in [6, 6.07) is 2.04. The largest absolute Gasteiger partial charge is 0.379 e. The van der Waals surface area contributed by atoms with Crippen LogP contribution in [0.5, 0.6) is 0 Å². The lowest BCUT2D eigenvalue weighted by atomic mass is 9.96. The monoisotopic (exact) mass is 393 g/mol. The SMILES string of the molecule is Cl.Cl.O=C(Cn1nccc1C1CCCNC1)NCCN1CCOCC1. The van der Waals surface area contributed by atoms with E-state index in [1.807, 2.05) is 10.7 Å². The molecule has 0 radical (unpaired) electrons. The van der Waals surface area contributed by atoms with Crippen LogP contribution in [-0.4, -0.2) is 73.1 Å². The molecule has 3 rings (SSSR count). The number of morpholine rings is 1. The fraction of sp³-hybridized carbons (Fsp3) is 0.750. The minimum absolute atomic E-state index is 0. The molecule has 2 fully saturated rings. The van der Waals surface area contributed by atoms with Gasteiger partial charge in [-0.05, 0) is 25.5 Å². The zero-order chi connectivity index (χ0) is 15.9. The number of amides is 1. The second kappa shape index (κ2) is 11.7. The zero-order valence-corrected chi connectivity index (χ0v) is 16.1. The molecule has 2 aliphatic rings. The second-order valence-electron chi connectivity index (χ2n) is 6.26. The average molecular weight is 394 g/mol. The van der Waals surface area contributed by atoms with Crippen molar-refractivity contribution >= 4 is 30.7 Å². The Kier molecular flexibility index (Phi) is 10.4. The van der Waals surface area contributed by atoms with Crippen molar-refractivity contribution in [3.8, 4) is 0 Å². The third-order valence-electron chi connectivity index (χ3n) is 4.61. The van der Waals surface area contributed by atoms with Gasteiger partial charge in [0.05, 0.1) is 13.2 Å². The summed E-state index contributed by atoms with van der Waals surface area (Å²) in [6.07, 6.45) is 4.14. The number of hydrogen-bond donors (Lipinski definition) is 2. The number of piperidine rings is 1. The number of halogens is 2. The molecule has 0 aromatic carbocycles. The number of rotatable bonds is 6. The van der Waals surface area contributed by atoms with E-state index in [1.54, 1.807) is 6.20 Å². The van der Waals surface area contributed by atoms with Crippen molar-refractivity contribution in [3.05, 3.63) is 18.0 Å². The van der Waals surface area contributed by atoms with Crippen LogP contribution in [0.1, 0.15) is 24.5 Å². The van der Waals surface area contributed by atoms with E-state index in [0.29, 0.717) is 19.0 Å². The van der Waals surface area contributed by atoms with Crippen molar-refractivity contribution in [2.45, 2.75) is 25.3 Å². The molecular formula is C16H29Cl2N5O2. The Hall–Kier alpha value is -0.860. The van der Waals surface area contributed by atoms with Crippen LogP contribution >= 0.6 is 24.8 Å². The number of nitrogens with zero attached hydrogens (tertiary/aromatic N) is 3. The summed E-state index contributed by atoms with van der Waals surface area (Å²) in [6.45, 7) is 7.43. The van der Waals surface area contributed by atoms with Gasteiger partial charge in [-0.1, -0.05) is 0 Å². The van der Waals surface area contributed by atoms with Crippen molar-refractivity contribution in [1.82, 2.24) is 25.3 Å². The van der Waals surface area contributed by atoms with Gasteiger partial charge in [-0.2, -0.15) is 5.10 Å². The van der Waals surface area contributed by atoms with Crippen LogP contribution in [-0.2, 0) is 16.1 Å². The molecule has 1 amide bonds. The highest BCUT2D eigenvalue weighted by atomic mass is 35.5. The molecule has 0 saturated carbocycles. The Balaban J connectivity index is 0.00000156. The molecule has 144 valence electrons. The van der Waals surface area contributed by atoms with Gasteiger partial charge in [-0.25, -0.2) is 0 Å². The number of aromatic nitrogens is 2. The summed E-state index contributed by atoms with van der Waals surface area (Å²) >= 11 is 0. The first kappa shape index (κ1) is 22.2. The Bertz CT molecular complexity index is 502. The maximum Gasteiger partial charge on any atom is 0.241 e. The Morgan fingerprint density at radius 2 is 2.16 bits per heavy atom. The van der Waals surface area contributed by atoms with Crippen LogP contribution in [0.15, 0.2) is 12.3 Å². The van der Waals surface area contributed by atoms with Crippen molar-refractivity contribution in [2.75, 3.05) is 52.5 Å². The Labute approximate surface area is 161 Å². The summed E-state index contributed by atoms with van der Waals surface area (Å²) < 4.78 is 7.17. The van der Waals surface area contributed by atoms with E-state index in [9.17, 15) is 4.79 Å². The van der Waals surface area contributed by atoms with Gasteiger partial charge in [0.2, 0.25) is 5.91 Å². The number of nitrogens with one attached hydrogen (secondary N) is 2. The van der Waals surface area contributed by atoms with Gasteiger partial charge < -0.3 is 15.4 Å². The topological polar surface area (TPSA) is 71.4 Å². The van der Waals surface area contributed by atoms with Gasteiger partial charge in [-0.15, -0.1) is 24.8 Å². The first-order valence-electron chi connectivity index (χ1n) is 8.62. The molecule has 2 N–H and O–H groups in total. The predicted octanol–water partition coefficient (Wildman–Crippen LogP) is 0.642. The van der Waals surface area contributed by atoms with Gasteiger partial charge in [0.25, 0.3) is 0 Å². The molecule has 3 heterocycles. The lowest BCUT2D eigenvalue weighted by molar-refractivity contribution is -0.122. The second-order valence-corrected chi connectivity index (χ2v) is 6.26. The fourth-order valence-corrected chi connectivity index (χ4v) is 3.30. The third-order valence-corrected chi connectivity index (χ3v) is 4.61. The van der Waals surface area contributed by atoms with Crippen LogP contribution in [0.25, 0.3) is 0 Å². The molecule has 1 unspecified atom stereocenters. The maximum atomic E-state index is 12.2. The summed E-state index contributed by atoms with van der Waals surface area (Å²) in [5.41, 5.74) is 1.17. The summed E-state index contributed by atoms with van der Waals surface area (Å²) in [5.74, 6) is 0.499. The highest BCUT2D eigenvalue weighted by Gasteiger charge is 2.20. The van der Waals surface area contributed by atoms with E-state index in [-0.39, 0.29) is 30.7 Å². The number of ether oxygens (including phenoxy) is 1. The number of hydrogen-bond acceptors (Lipinski definition) is 5. The Morgan fingerprint density at radius 1 is 1.36 bits per heavy atom. The lowest BCUT2D eigenvalue weighted by Gasteiger charge is -2.26. The molecule has 25 heavy (non-hydrogen) atoms. The zero-order valence-electron chi connectivity index (χ0n) is 14.5. The van der Waals surface area contributed by atoms with Gasteiger partial charge in [-0.3, -0.25) is 14.4 Å². The Morgan fingerprint density at radius 3 is 2.88 bits per heavy atom. The summed E-state index contributed by atoms with van der Waals surface area (Å²) in [7, 11) is 0. The summed E-state index contributed by atoms with van der Waals surface area (Å²) in [5, 5.41) is 10.7. The van der Waals surface area contributed by atoms with Gasteiger partial charge in [0.1, 0.15) is 6.54 Å². The molecule has 1 aromatic heterocycles. The molecular weight excluding hydrogens is 365 g/mol. The first-order chi connectivity index (χ1) is 11.3. The average Bonchev–Trinajstić information content (AvgIpc) is 3.05. The molecule has 1 aromatic rings. The maximum absolute atomic E-state index is 12.2. The molecule has 0 bridgehead atoms. The smallest absolute Gasteiger partial charge is 0.241 e. The molecule has 2 saturated heterocycles. The van der Waals surface area contributed by atoms with E-state index >= 15 is 0 Å². The minimum atomic E-state index is 0. The van der Waals surface area contributed by atoms with Crippen molar-refractivity contribution < 1.29 is 9.53 Å². The molecule has 9 heteroatoms. The van der Waals surface area contributed by atoms with Crippen LogP contribution < -0.4 is 10.6 Å². The minimum Gasteiger partial charge on any atom is -0.379 e. The normalized spacial score (nSPS) is 21.0. The van der Waals surface area contributed by atoms with E-state index < -0.39 is 0 Å². The van der Waals surface area contributed by atoms with E-state index in [0.717, 1.165) is 52.4 Å². The van der Waals surface area contributed by atoms with Crippen LogP contribution in [0.3, 0.4) is 0 Å². The van der Waals surface area contributed by atoms with Crippen LogP contribution in [0.2, 0.25) is 0 Å². The van der Waals surface area contributed by atoms with E-state index in [1.165, 1.54) is 12.1 Å². The van der Waals surface area contributed by atoms with E-state index in [4.69, 9.17) is 4.74 Å². The number of carbonyl (C=O) groups is 1. The highest BCUT2D eigenvalue weighted by molar-refractivity contribution is 5.85. The van der Waals surface area contributed by atoms with Gasteiger partial charge in [0.15, 0.2) is 0 Å². The third kappa shape index (κ3) is 6.75. The van der Waals surface area contributed by atoms with Crippen LogP contribution in [0, 0.1) is 0 Å². The summed E-state index contributed by atoms with van der Waals surface area (Å²) in [4.78, 5) is 14.5. The van der Waals surface area contributed by atoms with Crippen molar-refractivity contribution in [1.29, 1.82) is 0 Å². The molecule has 0 aliphatic carbocycles. The van der Waals surface area contributed by atoms with Crippen molar-refractivity contribution in [3.63, 3.8) is 0 Å². The fourth-order valence-electron chi connectivity index (χ4n) is 3.30. The lowest BCUT2D eigenvalue weighted by Crippen LogP contribution is -2.42.